The van der Waals surface area contributed by atoms with Gasteiger partial charge in [-0.3, -0.25) is 9.59 Å². The lowest BCUT2D eigenvalue weighted by Gasteiger charge is -2.32. The molecule has 2 heterocycles. The molecule has 0 saturated heterocycles. The summed E-state index contributed by atoms with van der Waals surface area (Å²) in [5, 5.41) is 0. The Labute approximate surface area is 187 Å². The molecule has 0 fully saturated rings. The van der Waals surface area contributed by atoms with Crippen LogP contribution in [0.5, 0.6) is 5.75 Å². The van der Waals surface area contributed by atoms with Crippen LogP contribution in [0.3, 0.4) is 0 Å². The summed E-state index contributed by atoms with van der Waals surface area (Å²) in [5.41, 5.74) is 5.21. The summed E-state index contributed by atoms with van der Waals surface area (Å²) in [6, 6.07) is 22.9. The quantitative estimate of drug-likeness (QED) is 0.568. The summed E-state index contributed by atoms with van der Waals surface area (Å²) in [6.07, 6.45) is 1.86. The molecule has 0 unspecified atom stereocenters. The van der Waals surface area contributed by atoms with Crippen LogP contribution < -0.4 is 14.5 Å². The Morgan fingerprint density at radius 2 is 1.56 bits per heavy atom. The minimum absolute atomic E-state index is 0.309. The van der Waals surface area contributed by atoms with Crippen molar-refractivity contribution in [3.63, 3.8) is 0 Å². The number of para-hydroxylation sites is 2. The van der Waals surface area contributed by atoms with Crippen LogP contribution >= 0.6 is 0 Å². The fourth-order valence-electron chi connectivity index (χ4n) is 4.56. The Hall–Kier alpha value is -3.86. The zero-order chi connectivity index (χ0) is 22.2. The minimum Gasteiger partial charge on any atom is -0.496 e. The molecule has 2 aliphatic heterocycles. The lowest BCUT2D eigenvalue weighted by molar-refractivity contribution is -0.120. The SMILES string of the molecule is COc1ccccc1C1=C(N2CCCc3ccccc32)C(=O)N(c2ccc(C)cc2)C1=O. The van der Waals surface area contributed by atoms with Crippen molar-refractivity contribution in [2.24, 2.45) is 0 Å². The van der Waals surface area contributed by atoms with Crippen molar-refractivity contribution in [3.05, 3.63) is 95.2 Å². The van der Waals surface area contributed by atoms with Gasteiger partial charge in [0.05, 0.1) is 18.4 Å². The van der Waals surface area contributed by atoms with Gasteiger partial charge in [-0.15, -0.1) is 0 Å². The number of ether oxygens (including phenoxy) is 1. The third-order valence-corrected chi connectivity index (χ3v) is 6.11. The Balaban J connectivity index is 1.72. The van der Waals surface area contributed by atoms with Crippen molar-refractivity contribution in [2.75, 3.05) is 23.5 Å². The molecule has 0 atom stereocenters. The van der Waals surface area contributed by atoms with Crippen molar-refractivity contribution in [2.45, 2.75) is 19.8 Å². The number of methoxy groups -OCH3 is 1. The number of fused-ring (bicyclic) bond motifs is 1. The van der Waals surface area contributed by atoms with Crippen LogP contribution in [0.4, 0.5) is 11.4 Å². The maximum atomic E-state index is 13.9. The van der Waals surface area contributed by atoms with E-state index in [1.54, 1.807) is 7.11 Å². The highest BCUT2D eigenvalue weighted by molar-refractivity contribution is 6.46. The Morgan fingerprint density at radius 1 is 0.844 bits per heavy atom. The van der Waals surface area contributed by atoms with E-state index in [-0.39, 0.29) is 11.8 Å². The number of nitrogens with zero attached hydrogens (tertiary/aromatic N) is 2. The van der Waals surface area contributed by atoms with Crippen LogP contribution in [0.25, 0.3) is 5.57 Å². The predicted molar refractivity (Wildman–Crippen MR) is 126 cm³/mol. The lowest BCUT2D eigenvalue weighted by atomic mass is 9.98. The van der Waals surface area contributed by atoms with Crippen LogP contribution in [0.15, 0.2) is 78.5 Å². The normalized spacial score (nSPS) is 15.9. The summed E-state index contributed by atoms with van der Waals surface area (Å²) in [6.45, 7) is 2.65. The van der Waals surface area contributed by atoms with Crippen LogP contribution in [0.2, 0.25) is 0 Å². The van der Waals surface area contributed by atoms with Crippen LogP contribution in [-0.4, -0.2) is 25.5 Å². The minimum atomic E-state index is -0.332. The molecule has 3 aromatic carbocycles. The number of carbonyl (C=O) groups excluding carboxylic acids is 2. The first-order valence-electron chi connectivity index (χ1n) is 10.8. The van der Waals surface area contributed by atoms with Gasteiger partial charge >= 0.3 is 0 Å². The third kappa shape index (κ3) is 3.17. The van der Waals surface area contributed by atoms with Gasteiger partial charge in [0.15, 0.2) is 0 Å². The first kappa shape index (κ1) is 20.1. The highest BCUT2D eigenvalue weighted by Gasteiger charge is 2.44. The van der Waals surface area contributed by atoms with E-state index in [2.05, 4.69) is 6.07 Å². The molecule has 5 nitrogen and oxygen atoms in total. The maximum Gasteiger partial charge on any atom is 0.282 e. The monoisotopic (exact) mass is 424 g/mol. The molecule has 0 spiro atoms. The van der Waals surface area contributed by atoms with E-state index in [1.807, 2.05) is 78.6 Å². The van der Waals surface area contributed by atoms with E-state index >= 15 is 0 Å². The number of carbonyl (C=O) groups is 2. The maximum absolute atomic E-state index is 13.9. The average Bonchev–Trinajstić information content (AvgIpc) is 3.09. The number of aryl methyl sites for hydroxylation is 2. The first-order chi connectivity index (χ1) is 15.6. The van der Waals surface area contributed by atoms with Crippen molar-refractivity contribution in [1.29, 1.82) is 0 Å². The van der Waals surface area contributed by atoms with Crippen molar-refractivity contribution in [3.8, 4) is 5.75 Å². The fraction of sp³-hybridized carbons (Fsp3) is 0.185. The van der Waals surface area contributed by atoms with E-state index in [0.717, 1.165) is 24.1 Å². The van der Waals surface area contributed by atoms with Crippen LogP contribution in [0.1, 0.15) is 23.1 Å². The smallest absolute Gasteiger partial charge is 0.282 e. The molecule has 5 heteroatoms. The predicted octanol–water partition coefficient (Wildman–Crippen LogP) is 4.74. The van der Waals surface area contributed by atoms with Gasteiger partial charge in [-0.1, -0.05) is 54.1 Å². The topological polar surface area (TPSA) is 49.9 Å². The summed E-state index contributed by atoms with van der Waals surface area (Å²) in [4.78, 5) is 31.0. The second kappa shape index (κ2) is 8.00. The van der Waals surface area contributed by atoms with E-state index < -0.39 is 0 Å². The molecule has 160 valence electrons. The summed E-state index contributed by atoms with van der Waals surface area (Å²) in [7, 11) is 1.58. The molecule has 0 radical (unpaired) electrons. The molecule has 3 aromatic rings. The fourth-order valence-corrected chi connectivity index (χ4v) is 4.56. The molecule has 0 bridgehead atoms. The first-order valence-corrected chi connectivity index (χ1v) is 10.8. The van der Waals surface area contributed by atoms with Crippen LogP contribution in [-0.2, 0) is 16.0 Å². The Kier molecular flexibility index (Phi) is 5.02. The Morgan fingerprint density at radius 3 is 2.34 bits per heavy atom. The molecule has 0 saturated carbocycles. The number of rotatable bonds is 4. The molecular weight excluding hydrogens is 400 g/mol. The summed E-state index contributed by atoms with van der Waals surface area (Å²) >= 11 is 0. The zero-order valence-electron chi connectivity index (χ0n) is 18.2. The van der Waals surface area contributed by atoms with Crippen molar-refractivity contribution >= 4 is 28.8 Å². The summed E-state index contributed by atoms with van der Waals surface area (Å²) in [5.74, 6) is -0.0740. The number of hydrogen-bond acceptors (Lipinski definition) is 4. The molecule has 0 aromatic heterocycles. The molecule has 0 aliphatic carbocycles. The average molecular weight is 425 g/mol. The van der Waals surface area contributed by atoms with Gasteiger partial charge in [0.25, 0.3) is 11.8 Å². The van der Waals surface area contributed by atoms with Gasteiger partial charge in [-0.05, 0) is 49.6 Å². The number of benzene rings is 3. The van der Waals surface area contributed by atoms with E-state index in [4.69, 9.17) is 4.74 Å². The molecular formula is C27H24N2O3. The van der Waals surface area contributed by atoms with Crippen LogP contribution in [0, 0.1) is 6.92 Å². The molecule has 0 N–H and O–H groups in total. The van der Waals surface area contributed by atoms with E-state index in [9.17, 15) is 9.59 Å². The molecule has 2 amide bonds. The number of anilines is 2. The second-order valence-corrected chi connectivity index (χ2v) is 8.09. The highest BCUT2D eigenvalue weighted by Crippen LogP contribution is 2.41. The van der Waals surface area contributed by atoms with Gasteiger partial charge < -0.3 is 9.64 Å². The largest absolute Gasteiger partial charge is 0.496 e. The van der Waals surface area contributed by atoms with Gasteiger partial charge in [-0.2, -0.15) is 0 Å². The molecule has 5 rings (SSSR count). The van der Waals surface area contributed by atoms with E-state index in [1.165, 1.54) is 10.5 Å². The third-order valence-electron chi connectivity index (χ3n) is 6.11. The lowest BCUT2D eigenvalue weighted by Crippen LogP contribution is -2.37. The molecule has 32 heavy (non-hydrogen) atoms. The number of amides is 2. The standard InChI is InChI=1S/C27H24N2O3/c1-18-13-15-20(16-14-18)29-26(30)24(21-10-4-6-12-23(21)32-2)25(27(29)31)28-17-7-9-19-8-3-5-11-22(19)28/h3-6,8,10-16H,7,9,17H2,1-2H3. The highest BCUT2D eigenvalue weighted by atomic mass is 16.5. The zero-order valence-corrected chi connectivity index (χ0v) is 18.2. The van der Waals surface area contributed by atoms with Gasteiger partial charge in [0.1, 0.15) is 11.4 Å². The van der Waals surface area contributed by atoms with Crippen molar-refractivity contribution < 1.29 is 14.3 Å². The van der Waals surface area contributed by atoms with Gasteiger partial charge in [0, 0.05) is 17.8 Å². The van der Waals surface area contributed by atoms with Crippen molar-refractivity contribution in [1.82, 2.24) is 0 Å². The van der Waals surface area contributed by atoms with Gasteiger partial charge in [-0.25, -0.2) is 4.90 Å². The number of imide groups is 1. The van der Waals surface area contributed by atoms with E-state index in [0.29, 0.717) is 34.8 Å². The van der Waals surface area contributed by atoms with Gasteiger partial charge in [0.2, 0.25) is 0 Å². The summed E-state index contributed by atoms with van der Waals surface area (Å²) < 4.78 is 5.57. The second-order valence-electron chi connectivity index (χ2n) is 8.09. The molecule has 2 aliphatic rings. The number of hydrogen-bond donors (Lipinski definition) is 0. The Bertz CT molecular complexity index is 1240.